The Kier molecular flexibility index (Phi) is 5.22. The van der Waals surface area contributed by atoms with E-state index in [1.54, 1.807) is 12.1 Å². The summed E-state index contributed by atoms with van der Waals surface area (Å²) in [5.41, 5.74) is 3.19. The van der Waals surface area contributed by atoms with Crippen molar-refractivity contribution >= 4 is 17.3 Å². The quantitative estimate of drug-likeness (QED) is 0.782. The highest BCUT2D eigenvalue weighted by Crippen LogP contribution is 2.22. The van der Waals surface area contributed by atoms with Crippen molar-refractivity contribution < 1.29 is 9.59 Å². The van der Waals surface area contributed by atoms with Crippen molar-refractivity contribution in [1.29, 1.82) is 0 Å². The molecule has 0 spiro atoms. The van der Waals surface area contributed by atoms with Crippen LogP contribution in [0.3, 0.4) is 0 Å². The first kappa shape index (κ1) is 16.2. The number of rotatable bonds is 5. The lowest BCUT2D eigenvalue weighted by atomic mass is 9.99. The molecule has 0 bridgehead atoms. The average Bonchev–Trinajstić information content (AvgIpc) is 2.67. The van der Waals surface area contributed by atoms with Crippen molar-refractivity contribution in [1.82, 2.24) is 4.90 Å². The average molecular weight is 319 g/mol. The summed E-state index contributed by atoms with van der Waals surface area (Å²) in [5, 5.41) is 0. The number of carbonyl (C=O) groups excluding carboxylic acids is 2. The van der Waals surface area contributed by atoms with Gasteiger partial charge >= 0.3 is 0 Å². The van der Waals surface area contributed by atoms with E-state index in [1.807, 2.05) is 41.3 Å². The summed E-state index contributed by atoms with van der Waals surface area (Å²) in [4.78, 5) is 26.2. The SMILES string of the molecule is O=C(CCC(=O)N1CC=C(c2ccccc2)CC1)c1ccccc1. The molecule has 0 saturated carbocycles. The molecule has 3 rings (SSSR count). The monoisotopic (exact) mass is 319 g/mol. The molecule has 0 radical (unpaired) electrons. The highest BCUT2D eigenvalue weighted by Gasteiger charge is 2.18. The summed E-state index contributed by atoms with van der Waals surface area (Å²) in [7, 11) is 0. The van der Waals surface area contributed by atoms with Gasteiger partial charge in [-0.2, -0.15) is 0 Å². The molecule has 1 amide bonds. The number of carbonyl (C=O) groups is 2. The zero-order valence-corrected chi connectivity index (χ0v) is 13.7. The van der Waals surface area contributed by atoms with Gasteiger partial charge in [0.15, 0.2) is 5.78 Å². The molecule has 0 aromatic heterocycles. The molecule has 0 unspecified atom stereocenters. The van der Waals surface area contributed by atoms with Crippen molar-refractivity contribution in [3.63, 3.8) is 0 Å². The van der Waals surface area contributed by atoms with Crippen LogP contribution in [0.1, 0.15) is 35.2 Å². The minimum Gasteiger partial charge on any atom is -0.339 e. The largest absolute Gasteiger partial charge is 0.339 e. The molecule has 0 atom stereocenters. The number of hydrogen-bond acceptors (Lipinski definition) is 2. The van der Waals surface area contributed by atoms with E-state index in [0.717, 1.165) is 13.0 Å². The maximum Gasteiger partial charge on any atom is 0.223 e. The molecular weight excluding hydrogens is 298 g/mol. The maximum absolute atomic E-state index is 12.3. The van der Waals surface area contributed by atoms with Gasteiger partial charge in [-0.3, -0.25) is 9.59 Å². The third kappa shape index (κ3) is 3.99. The molecule has 0 fully saturated rings. The van der Waals surface area contributed by atoms with Crippen LogP contribution in [0.2, 0.25) is 0 Å². The number of benzene rings is 2. The fourth-order valence-electron chi connectivity index (χ4n) is 2.96. The van der Waals surface area contributed by atoms with E-state index >= 15 is 0 Å². The molecule has 0 saturated heterocycles. The number of hydrogen-bond donors (Lipinski definition) is 0. The minimum atomic E-state index is 0.0291. The third-order valence-electron chi connectivity index (χ3n) is 4.37. The van der Waals surface area contributed by atoms with E-state index in [2.05, 4.69) is 18.2 Å². The predicted octanol–water partition coefficient (Wildman–Crippen LogP) is 3.97. The first-order valence-electron chi connectivity index (χ1n) is 8.34. The van der Waals surface area contributed by atoms with Gasteiger partial charge in [0, 0.05) is 31.5 Å². The van der Waals surface area contributed by atoms with Crippen molar-refractivity contribution in [3.05, 3.63) is 77.9 Å². The highest BCUT2D eigenvalue weighted by molar-refractivity contribution is 5.97. The summed E-state index contributed by atoms with van der Waals surface area (Å²) < 4.78 is 0. The zero-order valence-electron chi connectivity index (χ0n) is 13.7. The second-order valence-corrected chi connectivity index (χ2v) is 5.97. The van der Waals surface area contributed by atoms with Crippen LogP contribution >= 0.6 is 0 Å². The van der Waals surface area contributed by atoms with E-state index in [9.17, 15) is 9.59 Å². The Balaban J connectivity index is 1.52. The Labute approximate surface area is 142 Å². The van der Waals surface area contributed by atoms with E-state index in [1.165, 1.54) is 11.1 Å². The van der Waals surface area contributed by atoms with E-state index in [-0.39, 0.29) is 24.5 Å². The Morgan fingerprint density at radius 1 is 0.875 bits per heavy atom. The summed E-state index contributed by atoms with van der Waals surface area (Å²) >= 11 is 0. The Morgan fingerprint density at radius 2 is 1.54 bits per heavy atom. The van der Waals surface area contributed by atoms with Crippen molar-refractivity contribution in [3.8, 4) is 0 Å². The molecular formula is C21H21NO2. The molecule has 2 aromatic rings. The van der Waals surface area contributed by atoms with Crippen LogP contribution in [-0.2, 0) is 4.79 Å². The standard InChI is InChI=1S/C21H21NO2/c23-20(19-9-5-2-6-10-19)11-12-21(24)22-15-13-18(14-16-22)17-7-3-1-4-8-17/h1-10,13H,11-12,14-16H2. The number of amides is 1. The third-order valence-corrected chi connectivity index (χ3v) is 4.37. The fraction of sp³-hybridized carbons (Fsp3) is 0.238. The van der Waals surface area contributed by atoms with Gasteiger partial charge < -0.3 is 4.90 Å². The van der Waals surface area contributed by atoms with Crippen LogP contribution in [0.15, 0.2) is 66.7 Å². The molecule has 2 aromatic carbocycles. The first-order valence-corrected chi connectivity index (χ1v) is 8.34. The number of nitrogens with zero attached hydrogens (tertiary/aromatic N) is 1. The highest BCUT2D eigenvalue weighted by atomic mass is 16.2. The number of Topliss-reactive ketones (excluding diaryl/α,β-unsaturated/α-hetero) is 1. The molecule has 0 N–H and O–H groups in total. The topological polar surface area (TPSA) is 37.4 Å². The lowest BCUT2D eigenvalue weighted by Gasteiger charge is -2.26. The smallest absolute Gasteiger partial charge is 0.223 e. The molecule has 3 heteroatoms. The lowest BCUT2D eigenvalue weighted by molar-refractivity contribution is -0.130. The second kappa shape index (κ2) is 7.73. The van der Waals surface area contributed by atoms with Gasteiger partial charge in [-0.1, -0.05) is 66.7 Å². The Morgan fingerprint density at radius 3 is 2.17 bits per heavy atom. The molecule has 3 nitrogen and oxygen atoms in total. The molecule has 1 heterocycles. The summed E-state index contributed by atoms with van der Waals surface area (Å²) in [5.74, 6) is 0.0871. The van der Waals surface area contributed by atoms with Gasteiger partial charge in [0.1, 0.15) is 0 Å². The Bertz CT molecular complexity index is 735. The van der Waals surface area contributed by atoms with E-state index in [0.29, 0.717) is 12.1 Å². The summed E-state index contributed by atoms with van der Waals surface area (Å²) in [6.07, 6.45) is 3.54. The van der Waals surface area contributed by atoms with Crippen LogP contribution in [0.4, 0.5) is 0 Å². The van der Waals surface area contributed by atoms with Gasteiger partial charge in [-0.05, 0) is 17.6 Å². The van der Waals surface area contributed by atoms with E-state index in [4.69, 9.17) is 0 Å². The lowest BCUT2D eigenvalue weighted by Crippen LogP contribution is -2.34. The van der Waals surface area contributed by atoms with Crippen LogP contribution in [0.25, 0.3) is 5.57 Å². The van der Waals surface area contributed by atoms with Gasteiger partial charge in [0.25, 0.3) is 0 Å². The van der Waals surface area contributed by atoms with Crippen LogP contribution in [-0.4, -0.2) is 29.7 Å². The molecule has 122 valence electrons. The normalized spacial score (nSPS) is 14.2. The minimum absolute atomic E-state index is 0.0291. The van der Waals surface area contributed by atoms with Crippen LogP contribution < -0.4 is 0 Å². The Hall–Kier alpha value is -2.68. The van der Waals surface area contributed by atoms with Gasteiger partial charge in [0.2, 0.25) is 5.91 Å². The van der Waals surface area contributed by atoms with Gasteiger partial charge in [-0.25, -0.2) is 0 Å². The van der Waals surface area contributed by atoms with Gasteiger partial charge in [0.05, 0.1) is 0 Å². The van der Waals surface area contributed by atoms with Crippen molar-refractivity contribution in [2.45, 2.75) is 19.3 Å². The second-order valence-electron chi connectivity index (χ2n) is 5.97. The number of ketones is 1. The molecule has 0 aliphatic carbocycles. The fourth-order valence-corrected chi connectivity index (χ4v) is 2.96. The molecule has 1 aliphatic rings. The van der Waals surface area contributed by atoms with Crippen LogP contribution in [0.5, 0.6) is 0 Å². The predicted molar refractivity (Wildman–Crippen MR) is 95.6 cm³/mol. The first-order chi connectivity index (χ1) is 11.7. The maximum atomic E-state index is 12.3. The van der Waals surface area contributed by atoms with Crippen molar-refractivity contribution in [2.24, 2.45) is 0 Å². The van der Waals surface area contributed by atoms with Gasteiger partial charge in [-0.15, -0.1) is 0 Å². The summed E-state index contributed by atoms with van der Waals surface area (Å²) in [6.45, 7) is 1.35. The van der Waals surface area contributed by atoms with Crippen LogP contribution in [0, 0.1) is 0 Å². The van der Waals surface area contributed by atoms with Crippen molar-refractivity contribution in [2.75, 3.05) is 13.1 Å². The zero-order chi connectivity index (χ0) is 16.8. The molecule has 24 heavy (non-hydrogen) atoms. The van der Waals surface area contributed by atoms with E-state index < -0.39 is 0 Å². The summed E-state index contributed by atoms with van der Waals surface area (Å²) in [6, 6.07) is 19.4. The molecule has 1 aliphatic heterocycles.